The zero-order valence-electron chi connectivity index (χ0n) is 8.61. The zero-order valence-corrected chi connectivity index (χ0v) is 10.2. The van der Waals surface area contributed by atoms with Crippen molar-refractivity contribution < 1.29 is 14.3 Å². The fourth-order valence-electron chi connectivity index (χ4n) is 0.990. The number of carbonyl (C=O) groups is 1. The summed E-state index contributed by atoms with van der Waals surface area (Å²) < 4.78 is 13.6. The Morgan fingerprint density at radius 1 is 1.44 bits per heavy atom. The molecule has 0 saturated carbocycles. The molecule has 6 nitrogen and oxygen atoms in total. The van der Waals surface area contributed by atoms with Crippen molar-refractivity contribution in [3.8, 4) is 12.1 Å². The van der Waals surface area contributed by atoms with Gasteiger partial charge >= 0.3 is 5.97 Å². The SMILES string of the molecule is N#CC(C#N)=NNc1c(F)cc(C(=O)O)cc1Br. The summed E-state index contributed by atoms with van der Waals surface area (Å²) in [4.78, 5) is 10.7. The molecule has 90 valence electrons. The number of carboxylic acids is 1. The molecule has 1 rings (SSSR count). The van der Waals surface area contributed by atoms with Crippen LogP contribution in [0.2, 0.25) is 0 Å². The fourth-order valence-corrected chi connectivity index (χ4v) is 1.51. The summed E-state index contributed by atoms with van der Waals surface area (Å²) in [6.45, 7) is 0. The molecular formula is C10H4BrFN4O2. The van der Waals surface area contributed by atoms with E-state index in [-0.39, 0.29) is 15.7 Å². The van der Waals surface area contributed by atoms with E-state index in [1.165, 1.54) is 18.2 Å². The third kappa shape index (κ3) is 3.03. The summed E-state index contributed by atoms with van der Waals surface area (Å²) in [5, 5.41) is 28.9. The van der Waals surface area contributed by atoms with Gasteiger partial charge in [0.2, 0.25) is 5.71 Å². The molecule has 0 atom stereocenters. The van der Waals surface area contributed by atoms with Crippen LogP contribution in [0.1, 0.15) is 10.4 Å². The topological polar surface area (TPSA) is 109 Å². The first-order valence-electron chi connectivity index (χ1n) is 4.35. The molecule has 0 bridgehead atoms. The predicted octanol–water partition coefficient (Wildman–Crippen LogP) is 2.10. The number of nitriles is 2. The van der Waals surface area contributed by atoms with Crippen LogP contribution in [0.5, 0.6) is 0 Å². The van der Waals surface area contributed by atoms with Crippen molar-refractivity contribution in [1.29, 1.82) is 10.5 Å². The standard InChI is InChI=1S/C10H4BrFN4O2/c11-7-1-5(10(17)18)2-8(12)9(7)16-15-6(3-13)4-14/h1-2,16H,(H,17,18). The van der Waals surface area contributed by atoms with Crippen molar-refractivity contribution in [2.45, 2.75) is 0 Å². The van der Waals surface area contributed by atoms with E-state index in [0.717, 1.165) is 6.07 Å². The van der Waals surface area contributed by atoms with E-state index in [2.05, 4.69) is 26.5 Å². The fraction of sp³-hybridized carbons (Fsp3) is 0. The van der Waals surface area contributed by atoms with Gasteiger partial charge in [-0.05, 0) is 28.1 Å². The first-order chi connectivity index (χ1) is 8.49. The monoisotopic (exact) mass is 310 g/mol. The lowest BCUT2D eigenvalue weighted by Crippen LogP contribution is -2.02. The van der Waals surface area contributed by atoms with E-state index >= 15 is 0 Å². The Bertz CT molecular complexity index is 576. The number of nitrogens with zero attached hydrogens (tertiary/aromatic N) is 3. The number of benzene rings is 1. The van der Waals surface area contributed by atoms with Gasteiger partial charge in [-0.1, -0.05) is 0 Å². The number of carboxylic acid groups (broad SMARTS) is 1. The Labute approximate surface area is 109 Å². The molecule has 0 aliphatic heterocycles. The summed E-state index contributed by atoms with van der Waals surface area (Å²) in [6.07, 6.45) is 0. The molecule has 0 saturated heterocycles. The van der Waals surface area contributed by atoms with Gasteiger partial charge in [-0.2, -0.15) is 15.6 Å². The van der Waals surface area contributed by atoms with E-state index in [4.69, 9.17) is 15.6 Å². The van der Waals surface area contributed by atoms with E-state index in [1.54, 1.807) is 0 Å². The number of halogens is 2. The first kappa shape index (κ1) is 13.6. The summed E-state index contributed by atoms with van der Waals surface area (Å²) in [5.74, 6) is -2.15. The molecule has 0 amide bonds. The van der Waals surface area contributed by atoms with Crippen molar-refractivity contribution in [1.82, 2.24) is 0 Å². The minimum Gasteiger partial charge on any atom is -0.478 e. The molecule has 0 radical (unpaired) electrons. The number of hydrogen-bond acceptors (Lipinski definition) is 5. The summed E-state index contributed by atoms with van der Waals surface area (Å²) in [6, 6.07) is 4.93. The Morgan fingerprint density at radius 3 is 2.50 bits per heavy atom. The van der Waals surface area contributed by atoms with Crippen LogP contribution < -0.4 is 5.43 Å². The summed E-state index contributed by atoms with van der Waals surface area (Å²) >= 11 is 2.96. The Balaban J connectivity index is 3.14. The first-order valence-corrected chi connectivity index (χ1v) is 5.15. The highest BCUT2D eigenvalue weighted by Crippen LogP contribution is 2.27. The molecule has 0 spiro atoms. The minimum absolute atomic E-state index is 0.110. The third-order valence-corrected chi connectivity index (χ3v) is 2.41. The van der Waals surface area contributed by atoms with Gasteiger partial charge in [0.1, 0.15) is 23.6 Å². The van der Waals surface area contributed by atoms with Crippen LogP contribution in [0, 0.1) is 28.5 Å². The van der Waals surface area contributed by atoms with E-state index in [1.807, 2.05) is 0 Å². The second-order valence-corrected chi connectivity index (χ2v) is 3.77. The average molecular weight is 311 g/mol. The highest BCUT2D eigenvalue weighted by Gasteiger charge is 2.12. The van der Waals surface area contributed by atoms with Gasteiger partial charge in [0, 0.05) is 4.47 Å². The van der Waals surface area contributed by atoms with E-state index in [9.17, 15) is 9.18 Å². The van der Waals surface area contributed by atoms with Gasteiger partial charge in [-0.3, -0.25) is 5.43 Å². The normalized spacial score (nSPS) is 8.89. The van der Waals surface area contributed by atoms with Crippen LogP contribution in [0.3, 0.4) is 0 Å². The summed E-state index contributed by atoms with van der Waals surface area (Å²) in [5.41, 5.74) is 1.29. The van der Waals surface area contributed by atoms with Gasteiger partial charge < -0.3 is 5.11 Å². The third-order valence-electron chi connectivity index (χ3n) is 1.78. The molecule has 1 aromatic rings. The molecule has 0 unspecified atom stereocenters. The van der Waals surface area contributed by atoms with Crippen LogP contribution in [0.4, 0.5) is 10.1 Å². The molecule has 0 aliphatic rings. The maximum absolute atomic E-state index is 13.5. The van der Waals surface area contributed by atoms with Gasteiger partial charge in [0.25, 0.3) is 0 Å². The quantitative estimate of drug-likeness (QED) is 0.656. The van der Waals surface area contributed by atoms with Crippen molar-refractivity contribution >= 4 is 33.3 Å². The van der Waals surface area contributed by atoms with Gasteiger partial charge in [0.05, 0.1) is 5.56 Å². The number of hydrazone groups is 1. The Morgan fingerprint density at radius 2 is 2.06 bits per heavy atom. The molecule has 0 aliphatic carbocycles. The van der Waals surface area contributed by atoms with Crippen LogP contribution >= 0.6 is 15.9 Å². The number of anilines is 1. The Hall–Kier alpha value is -2.45. The van der Waals surface area contributed by atoms with Crippen molar-refractivity contribution in [3.05, 3.63) is 28.0 Å². The maximum Gasteiger partial charge on any atom is 0.335 e. The number of nitrogens with one attached hydrogen (secondary N) is 1. The number of aromatic carboxylic acids is 1. The highest BCUT2D eigenvalue weighted by atomic mass is 79.9. The van der Waals surface area contributed by atoms with Crippen molar-refractivity contribution in [3.63, 3.8) is 0 Å². The van der Waals surface area contributed by atoms with Crippen molar-refractivity contribution in [2.24, 2.45) is 5.10 Å². The average Bonchev–Trinajstić information content (AvgIpc) is 2.32. The van der Waals surface area contributed by atoms with Crippen molar-refractivity contribution in [2.75, 3.05) is 5.43 Å². The van der Waals surface area contributed by atoms with Crippen LogP contribution in [-0.4, -0.2) is 16.8 Å². The van der Waals surface area contributed by atoms with E-state index < -0.39 is 17.5 Å². The summed E-state index contributed by atoms with van der Waals surface area (Å²) in [7, 11) is 0. The van der Waals surface area contributed by atoms with Gasteiger partial charge in [0.15, 0.2) is 0 Å². The van der Waals surface area contributed by atoms with Crippen LogP contribution in [-0.2, 0) is 0 Å². The largest absolute Gasteiger partial charge is 0.478 e. The predicted molar refractivity (Wildman–Crippen MR) is 63.3 cm³/mol. The highest BCUT2D eigenvalue weighted by molar-refractivity contribution is 9.10. The smallest absolute Gasteiger partial charge is 0.335 e. The number of hydrogen-bond donors (Lipinski definition) is 2. The van der Waals surface area contributed by atoms with Gasteiger partial charge in [-0.15, -0.1) is 0 Å². The lowest BCUT2D eigenvalue weighted by molar-refractivity contribution is 0.0696. The lowest BCUT2D eigenvalue weighted by Gasteiger charge is -2.06. The van der Waals surface area contributed by atoms with Crippen LogP contribution in [0.25, 0.3) is 0 Å². The Kier molecular flexibility index (Phi) is 4.35. The van der Waals surface area contributed by atoms with Crippen LogP contribution in [0.15, 0.2) is 21.7 Å². The van der Waals surface area contributed by atoms with Gasteiger partial charge in [-0.25, -0.2) is 9.18 Å². The molecule has 0 fully saturated rings. The molecule has 0 heterocycles. The zero-order chi connectivity index (χ0) is 13.7. The number of rotatable bonds is 3. The molecular weight excluding hydrogens is 307 g/mol. The molecule has 1 aromatic carbocycles. The molecule has 8 heteroatoms. The van der Waals surface area contributed by atoms with E-state index in [0.29, 0.717) is 0 Å². The minimum atomic E-state index is -1.28. The second kappa shape index (κ2) is 5.75. The maximum atomic E-state index is 13.5. The second-order valence-electron chi connectivity index (χ2n) is 2.92. The molecule has 18 heavy (non-hydrogen) atoms. The lowest BCUT2D eigenvalue weighted by atomic mass is 10.2. The molecule has 2 N–H and O–H groups in total. The molecule has 0 aromatic heterocycles.